The zero-order valence-electron chi connectivity index (χ0n) is 9.27. The van der Waals surface area contributed by atoms with Crippen molar-refractivity contribution in [3.8, 4) is 0 Å². The van der Waals surface area contributed by atoms with Crippen LogP contribution in [0.15, 0.2) is 4.63 Å². The number of aromatic nitrogens is 2. The molecule has 0 amide bonds. The van der Waals surface area contributed by atoms with Gasteiger partial charge in [-0.15, -0.1) is 0 Å². The summed E-state index contributed by atoms with van der Waals surface area (Å²) >= 11 is 0. The lowest BCUT2D eigenvalue weighted by molar-refractivity contribution is 0.194. The molecule has 0 aliphatic carbocycles. The highest BCUT2D eigenvalue weighted by Crippen LogP contribution is 2.06. The molecule has 1 aromatic heterocycles. The molecule has 0 saturated heterocycles. The smallest absolute Gasteiger partial charge is 0.191 e. The van der Waals surface area contributed by atoms with Crippen molar-refractivity contribution in [2.45, 2.75) is 18.9 Å². The number of ether oxygens (including phenoxy) is 1. The van der Waals surface area contributed by atoms with Crippen LogP contribution in [0.2, 0.25) is 0 Å². The van der Waals surface area contributed by atoms with E-state index in [0.717, 1.165) is 13.0 Å². The summed E-state index contributed by atoms with van der Waals surface area (Å²) in [6.07, 6.45) is 2.72. The van der Waals surface area contributed by atoms with Gasteiger partial charge < -0.3 is 21.2 Å². The van der Waals surface area contributed by atoms with E-state index in [1.807, 2.05) is 0 Å². The summed E-state index contributed by atoms with van der Waals surface area (Å²) in [6, 6.07) is -0.106. The molecule has 0 aromatic carbocycles. The summed E-state index contributed by atoms with van der Waals surface area (Å²) < 4.78 is 9.41. The lowest BCUT2D eigenvalue weighted by atomic mass is 10.1. The third-order valence-electron chi connectivity index (χ3n) is 2.13. The van der Waals surface area contributed by atoms with Crippen LogP contribution in [0, 0.1) is 5.41 Å². The zero-order valence-corrected chi connectivity index (χ0v) is 9.27. The fourth-order valence-electron chi connectivity index (χ4n) is 1.26. The summed E-state index contributed by atoms with van der Waals surface area (Å²) in [7, 11) is 1.66. The van der Waals surface area contributed by atoms with E-state index >= 15 is 0 Å². The standard InChI is InChI=1S/C9H17N5O2/c1-15-4-2-3-12-7(6-10)5-8-9(11)14-16-13-8/h6-7,10,12H,2-5H2,1H3,(H2,11,14). The zero-order chi connectivity index (χ0) is 11.8. The molecule has 1 atom stereocenters. The highest BCUT2D eigenvalue weighted by atomic mass is 16.6. The molecule has 0 spiro atoms. The van der Waals surface area contributed by atoms with Crippen LogP contribution in [0.1, 0.15) is 12.1 Å². The Morgan fingerprint density at radius 2 is 2.44 bits per heavy atom. The molecule has 16 heavy (non-hydrogen) atoms. The highest BCUT2D eigenvalue weighted by molar-refractivity contribution is 5.61. The van der Waals surface area contributed by atoms with Gasteiger partial charge in [0.1, 0.15) is 5.69 Å². The van der Waals surface area contributed by atoms with Crippen LogP contribution in [-0.2, 0) is 11.2 Å². The molecule has 0 aliphatic rings. The molecular weight excluding hydrogens is 210 g/mol. The molecule has 4 N–H and O–H groups in total. The van der Waals surface area contributed by atoms with E-state index in [1.165, 1.54) is 6.21 Å². The third-order valence-corrected chi connectivity index (χ3v) is 2.13. The summed E-state index contributed by atoms with van der Waals surface area (Å²) in [5.74, 6) is 0.283. The lowest BCUT2D eigenvalue weighted by Crippen LogP contribution is -2.33. The maximum absolute atomic E-state index is 7.27. The van der Waals surface area contributed by atoms with Crippen LogP contribution in [0.25, 0.3) is 0 Å². The molecule has 0 aliphatic heterocycles. The van der Waals surface area contributed by atoms with Crippen LogP contribution in [0.3, 0.4) is 0 Å². The Bertz CT molecular complexity index is 315. The monoisotopic (exact) mass is 227 g/mol. The van der Waals surface area contributed by atoms with Crippen molar-refractivity contribution >= 4 is 12.0 Å². The normalized spacial score (nSPS) is 12.6. The van der Waals surface area contributed by atoms with Gasteiger partial charge in [0.25, 0.3) is 0 Å². The maximum Gasteiger partial charge on any atom is 0.191 e. The minimum absolute atomic E-state index is 0.106. The maximum atomic E-state index is 7.27. The van der Waals surface area contributed by atoms with Crippen molar-refractivity contribution in [1.29, 1.82) is 5.41 Å². The Labute approximate surface area is 93.8 Å². The topological polar surface area (TPSA) is 110 Å². The lowest BCUT2D eigenvalue weighted by Gasteiger charge is -2.11. The number of hydrogen-bond acceptors (Lipinski definition) is 7. The Morgan fingerprint density at radius 1 is 1.62 bits per heavy atom. The van der Waals surface area contributed by atoms with Crippen molar-refractivity contribution in [3.63, 3.8) is 0 Å². The average molecular weight is 227 g/mol. The second-order valence-corrected chi connectivity index (χ2v) is 3.37. The van der Waals surface area contributed by atoms with Gasteiger partial charge in [-0.1, -0.05) is 5.16 Å². The summed E-state index contributed by atoms with van der Waals surface area (Å²) in [4.78, 5) is 0. The van der Waals surface area contributed by atoms with Crippen molar-refractivity contribution in [2.24, 2.45) is 0 Å². The SMILES string of the molecule is COCCCNC(C=N)Cc1nonc1N. The van der Waals surface area contributed by atoms with Gasteiger partial charge in [0, 0.05) is 32.4 Å². The minimum Gasteiger partial charge on any atom is -0.385 e. The van der Waals surface area contributed by atoms with Crippen LogP contribution < -0.4 is 11.1 Å². The van der Waals surface area contributed by atoms with Gasteiger partial charge in [-0.3, -0.25) is 0 Å². The molecule has 1 heterocycles. The van der Waals surface area contributed by atoms with E-state index in [1.54, 1.807) is 7.11 Å². The number of hydrogen-bond donors (Lipinski definition) is 3. The molecule has 1 aromatic rings. The molecule has 0 saturated carbocycles. The Balaban J connectivity index is 2.32. The molecule has 7 nitrogen and oxygen atoms in total. The first-order chi connectivity index (χ1) is 7.77. The van der Waals surface area contributed by atoms with Gasteiger partial charge >= 0.3 is 0 Å². The number of nitrogens with zero attached hydrogens (tertiary/aromatic N) is 2. The van der Waals surface area contributed by atoms with Crippen molar-refractivity contribution in [3.05, 3.63) is 5.69 Å². The Hall–Kier alpha value is -1.47. The third kappa shape index (κ3) is 3.95. The van der Waals surface area contributed by atoms with Gasteiger partial charge in [0.05, 0.1) is 0 Å². The molecule has 1 rings (SSSR count). The summed E-state index contributed by atoms with van der Waals surface area (Å²) in [5, 5.41) is 17.6. The van der Waals surface area contributed by atoms with Gasteiger partial charge in [0.2, 0.25) is 0 Å². The molecule has 0 radical (unpaired) electrons. The van der Waals surface area contributed by atoms with E-state index in [-0.39, 0.29) is 11.9 Å². The van der Waals surface area contributed by atoms with Gasteiger partial charge in [0.15, 0.2) is 5.82 Å². The summed E-state index contributed by atoms with van der Waals surface area (Å²) in [5.41, 5.74) is 6.11. The van der Waals surface area contributed by atoms with E-state index in [4.69, 9.17) is 15.9 Å². The molecule has 0 fully saturated rings. The Kier molecular flexibility index (Phi) is 5.44. The van der Waals surface area contributed by atoms with Crippen molar-refractivity contribution in [2.75, 3.05) is 26.0 Å². The van der Waals surface area contributed by atoms with Gasteiger partial charge in [-0.2, -0.15) is 0 Å². The molecule has 7 heteroatoms. The number of nitrogens with two attached hydrogens (primary N) is 1. The average Bonchev–Trinajstić information content (AvgIpc) is 2.68. The van der Waals surface area contributed by atoms with Crippen LogP contribution >= 0.6 is 0 Å². The predicted molar refractivity (Wildman–Crippen MR) is 59.5 cm³/mol. The molecule has 90 valence electrons. The van der Waals surface area contributed by atoms with E-state index in [2.05, 4.69) is 20.3 Å². The minimum atomic E-state index is -0.106. The van der Waals surface area contributed by atoms with Crippen molar-refractivity contribution < 1.29 is 9.37 Å². The number of methoxy groups -OCH3 is 1. The van der Waals surface area contributed by atoms with E-state index in [0.29, 0.717) is 18.7 Å². The van der Waals surface area contributed by atoms with Gasteiger partial charge in [-0.05, 0) is 18.1 Å². The number of anilines is 1. The first-order valence-corrected chi connectivity index (χ1v) is 5.07. The Morgan fingerprint density at radius 3 is 3.00 bits per heavy atom. The van der Waals surface area contributed by atoms with Crippen LogP contribution in [0.5, 0.6) is 0 Å². The number of nitrogens with one attached hydrogen (secondary N) is 2. The van der Waals surface area contributed by atoms with Crippen molar-refractivity contribution in [1.82, 2.24) is 15.6 Å². The molecule has 0 bridgehead atoms. The van der Waals surface area contributed by atoms with E-state index in [9.17, 15) is 0 Å². The largest absolute Gasteiger partial charge is 0.385 e. The quantitative estimate of drug-likeness (QED) is 0.420. The fraction of sp³-hybridized carbons (Fsp3) is 0.667. The van der Waals surface area contributed by atoms with Crippen LogP contribution in [-0.4, -0.2) is 42.8 Å². The summed E-state index contributed by atoms with van der Waals surface area (Å²) in [6.45, 7) is 1.48. The van der Waals surface area contributed by atoms with Gasteiger partial charge in [-0.25, -0.2) is 4.63 Å². The molecule has 1 unspecified atom stereocenters. The number of rotatable bonds is 8. The second-order valence-electron chi connectivity index (χ2n) is 3.37. The predicted octanol–water partition coefficient (Wildman–Crippen LogP) is -0.161. The number of nitrogen functional groups attached to an aromatic ring is 1. The first-order valence-electron chi connectivity index (χ1n) is 5.07. The second kappa shape index (κ2) is 6.91. The fourth-order valence-corrected chi connectivity index (χ4v) is 1.26. The first kappa shape index (κ1) is 12.6. The molecular formula is C9H17N5O2. The van der Waals surface area contributed by atoms with Crippen LogP contribution in [0.4, 0.5) is 5.82 Å². The highest BCUT2D eigenvalue weighted by Gasteiger charge is 2.12. The van der Waals surface area contributed by atoms with E-state index < -0.39 is 0 Å².